The molecule has 1 N–H and O–H groups in total. The molecule has 0 saturated heterocycles. The van der Waals surface area contributed by atoms with Crippen molar-refractivity contribution in [2.24, 2.45) is 0 Å². The molecule has 0 aliphatic carbocycles. The lowest BCUT2D eigenvalue weighted by molar-refractivity contribution is -0.141. The van der Waals surface area contributed by atoms with Gasteiger partial charge in [-0.3, -0.25) is 14.3 Å². The van der Waals surface area contributed by atoms with Crippen molar-refractivity contribution >= 4 is 22.8 Å². The van der Waals surface area contributed by atoms with E-state index in [1.165, 1.54) is 6.92 Å². The van der Waals surface area contributed by atoms with Crippen LogP contribution in [0.5, 0.6) is 0 Å². The van der Waals surface area contributed by atoms with E-state index in [9.17, 15) is 22.8 Å². The molecule has 0 aliphatic rings. The predicted octanol–water partition coefficient (Wildman–Crippen LogP) is 2.26. The SMILES string of the molecule is Cc1cc(C(F)(F)F)nn1CCC(=O)NCCCC(=O)Cl. The molecule has 0 aromatic carbocycles. The van der Waals surface area contributed by atoms with E-state index in [0.717, 1.165) is 10.7 Å². The average molecular weight is 326 g/mol. The monoisotopic (exact) mass is 325 g/mol. The highest BCUT2D eigenvalue weighted by Crippen LogP contribution is 2.28. The number of rotatable bonds is 7. The Hall–Kier alpha value is -1.57. The standard InChI is InChI=1S/C12H15ClF3N3O2/c1-8-7-9(12(14,15)16)18-19(8)6-4-11(21)17-5-2-3-10(13)20/h7H,2-6H2,1H3,(H,17,21). The summed E-state index contributed by atoms with van der Waals surface area (Å²) in [5.74, 6) is -0.319. The first kappa shape index (κ1) is 17.5. The van der Waals surface area contributed by atoms with Crippen LogP contribution in [0.2, 0.25) is 0 Å². The van der Waals surface area contributed by atoms with Gasteiger partial charge in [-0.2, -0.15) is 18.3 Å². The summed E-state index contributed by atoms with van der Waals surface area (Å²) in [5, 5.41) is 5.50. The van der Waals surface area contributed by atoms with E-state index in [-0.39, 0.29) is 25.3 Å². The minimum absolute atomic E-state index is 0.00857. The minimum atomic E-state index is -4.49. The molecule has 1 amide bonds. The zero-order valence-electron chi connectivity index (χ0n) is 11.3. The molecule has 0 radical (unpaired) electrons. The fraction of sp³-hybridized carbons (Fsp3) is 0.583. The Morgan fingerprint density at radius 1 is 1.38 bits per heavy atom. The Labute approximate surface area is 124 Å². The number of carbonyl (C=O) groups is 2. The minimum Gasteiger partial charge on any atom is -0.356 e. The lowest BCUT2D eigenvalue weighted by atomic mass is 10.3. The highest BCUT2D eigenvalue weighted by Gasteiger charge is 2.34. The summed E-state index contributed by atoms with van der Waals surface area (Å²) in [5.41, 5.74) is -0.635. The normalized spacial score (nSPS) is 11.5. The molecule has 0 bridgehead atoms. The predicted molar refractivity (Wildman–Crippen MR) is 69.7 cm³/mol. The van der Waals surface area contributed by atoms with E-state index < -0.39 is 17.1 Å². The first-order valence-corrected chi connectivity index (χ1v) is 6.64. The summed E-state index contributed by atoms with van der Waals surface area (Å²) >= 11 is 5.14. The highest BCUT2D eigenvalue weighted by atomic mass is 35.5. The lowest BCUT2D eigenvalue weighted by Crippen LogP contribution is -2.26. The Balaban J connectivity index is 2.39. The van der Waals surface area contributed by atoms with Gasteiger partial charge in [0.25, 0.3) is 0 Å². The van der Waals surface area contributed by atoms with Crippen LogP contribution in [0.3, 0.4) is 0 Å². The van der Waals surface area contributed by atoms with Gasteiger partial charge in [0.2, 0.25) is 11.1 Å². The van der Waals surface area contributed by atoms with Gasteiger partial charge in [0.15, 0.2) is 5.69 Å². The van der Waals surface area contributed by atoms with Gasteiger partial charge < -0.3 is 5.32 Å². The molecule has 0 unspecified atom stereocenters. The molecule has 118 valence electrons. The van der Waals surface area contributed by atoms with Crippen LogP contribution in [0.4, 0.5) is 13.2 Å². The number of nitrogens with zero attached hydrogens (tertiary/aromatic N) is 2. The molecule has 1 rings (SSSR count). The van der Waals surface area contributed by atoms with E-state index in [4.69, 9.17) is 11.6 Å². The molecule has 0 fully saturated rings. The van der Waals surface area contributed by atoms with Crippen molar-refractivity contribution in [1.29, 1.82) is 0 Å². The summed E-state index contributed by atoms with van der Waals surface area (Å²) in [6.45, 7) is 1.84. The van der Waals surface area contributed by atoms with Gasteiger partial charge in [0.1, 0.15) is 0 Å². The lowest BCUT2D eigenvalue weighted by Gasteiger charge is -2.06. The van der Waals surface area contributed by atoms with Crippen LogP contribution < -0.4 is 5.32 Å². The van der Waals surface area contributed by atoms with Crippen LogP contribution >= 0.6 is 11.6 Å². The summed E-state index contributed by atoms with van der Waals surface area (Å²) in [4.78, 5) is 22.0. The average Bonchev–Trinajstić information content (AvgIpc) is 2.73. The molecule has 21 heavy (non-hydrogen) atoms. The molecule has 1 heterocycles. The zero-order chi connectivity index (χ0) is 16.0. The summed E-state index contributed by atoms with van der Waals surface area (Å²) in [6.07, 6.45) is -3.90. The Kier molecular flexibility index (Phi) is 6.19. The first-order chi connectivity index (χ1) is 9.70. The number of halogens is 4. The third-order valence-electron chi connectivity index (χ3n) is 2.69. The van der Waals surface area contributed by atoms with Crippen molar-refractivity contribution in [2.45, 2.75) is 38.9 Å². The van der Waals surface area contributed by atoms with Crippen LogP contribution in [-0.2, 0) is 22.3 Å². The van der Waals surface area contributed by atoms with E-state index in [1.54, 1.807) is 0 Å². The molecular formula is C12H15ClF3N3O2. The second-order valence-electron chi connectivity index (χ2n) is 4.45. The van der Waals surface area contributed by atoms with Crippen LogP contribution in [0.15, 0.2) is 6.07 Å². The maximum Gasteiger partial charge on any atom is 0.435 e. The molecular weight excluding hydrogens is 311 g/mol. The van der Waals surface area contributed by atoms with Gasteiger partial charge >= 0.3 is 6.18 Å². The van der Waals surface area contributed by atoms with E-state index in [2.05, 4.69) is 10.4 Å². The number of alkyl halides is 3. The fourth-order valence-electron chi connectivity index (χ4n) is 1.63. The molecule has 9 heteroatoms. The van der Waals surface area contributed by atoms with Crippen molar-refractivity contribution in [2.75, 3.05) is 6.54 Å². The van der Waals surface area contributed by atoms with Gasteiger partial charge in [-0.25, -0.2) is 0 Å². The van der Waals surface area contributed by atoms with E-state index in [0.29, 0.717) is 18.7 Å². The van der Waals surface area contributed by atoms with Crippen LogP contribution in [-0.4, -0.2) is 27.5 Å². The Bertz CT molecular complexity index is 514. The molecule has 1 aromatic rings. The third-order valence-corrected chi connectivity index (χ3v) is 2.88. The first-order valence-electron chi connectivity index (χ1n) is 6.27. The van der Waals surface area contributed by atoms with Crippen LogP contribution in [0.1, 0.15) is 30.7 Å². The van der Waals surface area contributed by atoms with Gasteiger partial charge in [-0.05, 0) is 31.0 Å². The van der Waals surface area contributed by atoms with Crippen molar-refractivity contribution < 1.29 is 22.8 Å². The Morgan fingerprint density at radius 2 is 2.05 bits per heavy atom. The number of carbonyl (C=O) groups excluding carboxylic acids is 2. The summed E-state index contributed by atoms with van der Waals surface area (Å²) in [7, 11) is 0. The number of hydrogen-bond acceptors (Lipinski definition) is 3. The summed E-state index contributed by atoms with van der Waals surface area (Å²) in [6, 6.07) is 0.935. The van der Waals surface area contributed by atoms with Gasteiger partial charge in [-0.15, -0.1) is 0 Å². The second kappa shape index (κ2) is 7.44. The molecule has 0 saturated carbocycles. The number of amides is 1. The third kappa shape index (κ3) is 6.16. The van der Waals surface area contributed by atoms with Crippen molar-refractivity contribution in [3.05, 3.63) is 17.5 Å². The van der Waals surface area contributed by atoms with Crippen LogP contribution in [0, 0.1) is 6.92 Å². The largest absolute Gasteiger partial charge is 0.435 e. The smallest absolute Gasteiger partial charge is 0.356 e. The van der Waals surface area contributed by atoms with Crippen molar-refractivity contribution in [3.63, 3.8) is 0 Å². The number of aromatic nitrogens is 2. The maximum absolute atomic E-state index is 12.5. The van der Waals surface area contributed by atoms with Crippen molar-refractivity contribution in [3.8, 4) is 0 Å². The number of aryl methyl sites for hydroxylation is 2. The Morgan fingerprint density at radius 3 is 2.57 bits per heavy atom. The number of hydrogen-bond donors (Lipinski definition) is 1. The molecule has 1 aromatic heterocycles. The molecule has 5 nitrogen and oxygen atoms in total. The van der Waals surface area contributed by atoms with Gasteiger partial charge in [-0.1, -0.05) is 0 Å². The molecule has 0 spiro atoms. The van der Waals surface area contributed by atoms with Crippen LogP contribution in [0.25, 0.3) is 0 Å². The van der Waals surface area contributed by atoms with E-state index in [1.807, 2.05) is 0 Å². The summed E-state index contributed by atoms with van der Waals surface area (Å²) < 4.78 is 38.5. The van der Waals surface area contributed by atoms with Crippen molar-refractivity contribution in [1.82, 2.24) is 15.1 Å². The molecule has 0 aliphatic heterocycles. The topological polar surface area (TPSA) is 64.0 Å². The van der Waals surface area contributed by atoms with Gasteiger partial charge in [0, 0.05) is 31.6 Å². The highest BCUT2D eigenvalue weighted by molar-refractivity contribution is 6.63. The molecule has 0 atom stereocenters. The second-order valence-corrected chi connectivity index (χ2v) is 4.87. The van der Waals surface area contributed by atoms with Gasteiger partial charge in [0.05, 0.1) is 0 Å². The fourth-order valence-corrected chi connectivity index (χ4v) is 1.76. The quantitative estimate of drug-likeness (QED) is 0.618. The maximum atomic E-state index is 12.5. The van der Waals surface area contributed by atoms with E-state index >= 15 is 0 Å². The zero-order valence-corrected chi connectivity index (χ0v) is 12.1. The number of nitrogens with one attached hydrogen (secondary N) is 1.